The molecule has 1 atom stereocenters. The number of halogens is 1. The molecule has 0 bridgehead atoms. The number of nitrogens with one attached hydrogen (secondary N) is 1. The highest BCUT2D eigenvalue weighted by molar-refractivity contribution is 6.22. The van der Waals surface area contributed by atoms with Gasteiger partial charge in [0.05, 0.1) is 33.2 Å². The van der Waals surface area contributed by atoms with Gasteiger partial charge in [-0.05, 0) is 25.8 Å². The number of barbiturate groups is 1. The largest absolute Gasteiger partial charge is 1.00 e. The van der Waals surface area contributed by atoms with Gasteiger partial charge in [0.1, 0.15) is 0 Å². The number of rotatable bonds is 7. The van der Waals surface area contributed by atoms with E-state index in [1.807, 2.05) is 6.07 Å². The van der Waals surface area contributed by atoms with Gasteiger partial charge < -0.3 is 28.5 Å². The van der Waals surface area contributed by atoms with Crippen LogP contribution in [0.25, 0.3) is 0 Å². The molecular formula is C19H28IN3O3. The lowest BCUT2D eigenvalue weighted by Crippen LogP contribution is -3.00. The number of carbonyl (C=O) groups is 3. The molecule has 7 heteroatoms. The Bertz CT molecular complexity index is 661. The van der Waals surface area contributed by atoms with Gasteiger partial charge in [-0.3, -0.25) is 19.8 Å². The first-order valence-electron chi connectivity index (χ1n) is 8.91. The van der Waals surface area contributed by atoms with Crippen LogP contribution in [0, 0.1) is 0 Å². The summed E-state index contributed by atoms with van der Waals surface area (Å²) >= 11 is 0. The van der Waals surface area contributed by atoms with Crippen molar-refractivity contribution in [1.29, 1.82) is 0 Å². The highest BCUT2D eigenvalue weighted by atomic mass is 127. The number of hydrogen-bond donors (Lipinski definition) is 1. The van der Waals surface area contributed by atoms with Gasteiger partial charge in [0.25, 0.3) is 5.91 Å². The molecule has 1 unspecified atom stereocenters. The highest BCUT2D eigenvalue weighted by Gasteiger charge is 2.54. The Balaban J connectivity index is 0.00000338. The van der Waals surface area contributed by atoms with E-state index in [0.717, 1.165) is 17.6 Å². The maximum Gasteiger partial charge on any atom is 0.331 e. The average molecular weight is 473 g/mol. The number of imide groups is 2. The molecule has 1 aliphatic rings. The molecule has 4 amide bonds. The Morgan fingerprint density at radius 3 is 2.12 bits per heavy atom. The number of benzene rings is 1. The fourth-order valence-corrected chi connectivity index (χ4v) is 3.27. The molecule has 0 spiro atoms. The van der Waals surface area contributed by atoms with Gasteiger partial charge in [-0.15, -0.1) is 0 Å². The number of nitrogens with zero attached hydrogens (tertiary/aromatic N) is 2. The standard InChI is InChI=1S/C19H27N3O3.HI/c1-5-19(15-11-9-8-10-12-15)16(23)20-18(25)21(17(19)24)13-14-22(4,6-2)7-3;/h8-12H,5-7,13-14H2,1-4H3;1H. The highest BCUT2D eigenvalue weighted by Crippen LogP contribution is 2.33. The van der Waals surface area contributed by atoms with E-state index in [0.29, 0.717) is 25.1 Å². The lowest BCUT2D eigenvalue weighted by atomic mass is 9.75. The molecule has 26 heavy (non-hydrogen) atoms. The average Bonchev–Trinajstić information content (AvgIpc) is 2.62. The second kappa shape index (κ2) is 8.94. The van der Waals surface area contributed by atoms with E-state index in [1.54, 1.807) is 31.2 Å². The van der Waals surface area contributed by atoms with Crippen molar-refractivity contribution in [3.63, 3.8) is 0 Å². The molecule has 144 valence electrons. The van der Waals surface area contributed by atoms with Gasteiger partial charge in [-0.1, -0.05) is 37.3 Å². The SMILES string of the molecule is CCC1(c2ccccc2)C(=O)NC(=O)N(CC[N+](C)(CC)CC)C1=O.[I-]. The molecule has 1 saturated heterocycles. The van der Waals surface area contributed by atoms with Gasteiger partial charge in [-0.25, -0.2) is 4.79 Å². The summed E-state index contributed by atoms with van der Waals surface area (Å²) in [7, 11) is 2.10. The van der Waals surface area contributed by atoms with E-state index in [-0.39, 0.29) is 24.0 Å². The Kier molecular flexibility index (Phi) is 7.76. The van der Waals surface area contributed by atoms with Crippen LogP contribution in [0.1, 0.15) is 32.8 Å². The van der Waals surface area contributed by atoms with E-state index in [4.69, 9.17) is 0 Å². The lowest BCUT2D eigenvalue weighted by molar-refractivity contribution is -0.905. The maximum absolute atomic E-state index is 13.2. The molecule has 2 rings (SSSR count). The van der Waals surface area contributed by atoms with Crippen LogP contribution in [0.2, 0.25) is 0 Å². The summed E-state index contributed by atoms with van der Waals surface area (Å²) in [6, 6.07) is 8.37. The zero-order valence-corrected chi connectivity index (χ0v) is 18.1. The molecule has 0 saturated carbocycles. The van der Waals surface area contributed by atoms with E-state index >= 15 is 0 Å². The summed E-state index contributed by atoms with van der Waals surface area (Å²) in [4.78, 5) is 39.4. The van der Waals surface area contributed by atoms with Crippen LogP contribution in [0.15, 0.2) is 30.3 Å². The number of likely N-dealkylation sites (N-methyl/N-ethyl adjacent to an activating group) is 1. The Labute approximate surface area is 172 Å². The van der Waals surface area contributed by atoms with Gasteiger partial charge in [-0.2, -0.15) is 0 Å². The molecule has 1 fully saturated rings. The van der Waals surface area contributed by atoms with Crippen LogP contribution in [-0.4, -0.2) is 60.5 Å². The summed E-state index contributed by atoms with van der Waals surface area (Å²) in [5, 5.41) is 2.39. The van der Waals surface area contributed by atoms with E-state index in [9.17, 15) is 14.4 Å². The molecule has 0 aliphatic carbocycles. The minimum atomic E-state index is -1.34. The number of quaternary nitrogens is 1. The maximum atomic E-state index is 13.2. The first kappa shape index (κ1) is 22.6. The fourth-order valence-electron chi connectivity index (χ4n) is 3.27. The number of carbonyl (C=O) groups excluding carboxylic acids is 3. The molecule has 6 nitrogen and oxygen atoms in total. The van der Waals surface area contributed by atoms with Crippen molar-refractivity contribution in [1.82, 2.24) is 10.2 Å². The fraction of sp³-hybridized carbons (Fsp3) is 0.526. The summed E-state index contributed by atoms with van der Waals surface area (Å²) in [5.41, 5.74) is -0.711. The van der Waals surface area contributed by atoms with Crippen molar-refractivity contribution in [2.24, 2.45) is 0 Å². The van der Waals surface area contributed by atoms with Gasteiger partial charge in [0.2, 0.25) is 5.91 Å². The van der Waals surface area contributed by atoms with Crippen LogP contribution in [0.4, 0.5) is 4.79 Å². The second-order valence-corrected chi connectivity index (χ2v) is 6.82. The minimum Gasteiger partial charge on any atom is -1.00 e. The van der Waals surface area contributed by atoms with Crippen molar-refractivity contribution >= 4 is 17.8 Å². The molecular weight excluding hydrogens is 445 g/mol. The van der Waals surface area contributed by atoms with Gasteiger partial charge in [0.15, 0.2) is 5.41 Å². The molecule has 1 N–H and O–H groups in total. The second-order valence-electron chi connectivity index (χ2n) is 6.82. The third-order valence-corrected chi connectivity index (χ3v) is 5.65. The van der Waals surface area contributed by atoms with Crippen LogP contribution in [0.3, 0.4) is 0 Å². The third kappa shape index (κ3) is 3.93. The van der Waals surface area contributed by atoms with Crippen LogP contribution in [-0.2, 0) is 15.0 Å². The van der Waals surface area contributed by atoms with E-state index < -0.39 is 23.3 Å². The van der Waals surface area contributed by atoms with E-state index in [2.05, 4.69) is 26.2 Å². The first-order valence-corrected chi connectivity index (χ1v) is 8.91. The smallest absolute Gasteiger partial charge is 0.331 e. The zero-order chi connectivity index (χ0) is 18.7. The zero-order valence-electron chi connectivity index (χ0n) is 15.9. The third-order valence-electron chi connectivity index (χ3n) is 5.65. The van der Waals surface area contributed by atoms with Crippen molar-refractivity contribution in [3.8, 4) is 0 Å². The molecule has 1 aliphatic heterocycles. The number of amides is 4. The van der Waals surface area contributed by atoms with Crippen LogP contribution in [0.5, 0.6) is 0 Å². The predicted octanol–water partition coefficient (Wildman–Crippen LogP) is -1.10. The topological polar surface area (TPSA) is 66.5 Å². The monoisotopic (exact) mass is 473 g/mol. The van der Waals surface area contributed by atoms with Crippen molar-refractivity contribution < 1.29 is 42.8 Å². The Hall–Kier alpha value is -1.48. The Morgan fingerprint density at radius 2 is 1.62 bits per heavy atom. The molecule has 1 aromatic rings. The molecule has 0 aromatic heterocycles. The van der Waals surface area contributed by atoms with Crippen molar-refractivity contribution in [2.45, 2.75) is 32.6 Å². The van der Waals surface area contributed by atoms with E-state index in [1.165, 1.54) is 4.90 Å². The van der Waals surface area contributed by atoms with Crippen LogP contribution < -0.4 is 29.3 Å². The number of urea groups is 1. The van der Waals surface area contributed by atoms with Crippen LogP contribution >= 0.6 is 0 Å². The predicted molar refractivity (Wildman–Crippen MR) is 95.8 cm³/mol. The molecule has 1 aromatic carbocycles. The minimum absolute atomic E-state index is 0. The summed E-state index contributed by atoms with van der Waals surface area (Å²) < 4.78 is 0.759. The summed E-state index contributed by atoms with van der Waals surface area (Å²) in [6.07, 6.45) is 0.305. The van der Waals surface area contributed by atoms with Gasteiger partial charge >= 0.3 is 6.03 Å². The molecule has 1 heterocycles. The normalized spacial score (nSPS) is 20.6. The summed E-state index contributed by atoms with van der Waals surface area (Å²) in [6.45, 7) is 8.76. The van der Waals surface area contributed by atoms with Crippen molar-refractivity contribution in [2.75, 3.05) is 33.2 Å². The number of hydrogen-bond acceptors (Lipinski definition) is 3. The Morgan fingerprint density at radius 1 is 1.04 bits per heavy atom. The summed E-state index contributed by atoms with van der Waals surface area (Å²) in [5.74, 6) is -0.954. The first-order chi connectivity index (χ1) is 11.8. The van der Waals surface area contributed by atoms with Crippen molar-refractivity contribution in [3.05, 3.63) is 35.9 Å². The quantitative estimate of drug-likeness (QED) is 0.311. The lowest BCUT2D eigenvalue weighted by Gasteiger charge is -2.40. The van der Waals surface area contributed by atoms with Gasteiger partial charge in [0, 0.05) is 0 Å². The molecule has 0 radical (unpaired) electrons.